The van der Waals surface area contributed by atoms with E-state index >= 15 is 0 Å². The summed E-state index contributed by atoms with van der Waals surface area (Å²) in [5.74, 6) is 1.94. The number of aromatic nitrogens is 4. The maximum Gasteiger partial charge on any atom is 0.164 e. The molecular formula is C41H26N4S. The highest BCUT2D eigenvalue weighted by Crippen LogP contribution is 2.43. The quantitative estimate of drug-likeness (QED) is 0.200. The Morgan fingerprint density at radius 1 is 0.457 bits per heavy atom. The van der Waals surface area contributed by atoms with Crippen LogP contribution in [0.4, 0.5) is 0 Å². The van der Waals surface area contributed by atoms with Crippen molar-refractivity contribution in [3.8, 4) is 39.9 Å². The normalized spacial score (nSPS) is 12.2. The summed E-state index contributed by atoms with van der Waals surface area (Å²) in [6, 6.07) is 50.6. The van der Waals surface area contributed by atoms with Crippen LogP contribution in [0.25, 0.3) is 73.8 Å². The molecule has 0 bridgehead atoms. The molecule has 216 valence electrons. The molecule has 9 rings (SSSR count). The van der Waals surface area contributed by atoms with Gasteiger partial charge in [0.1, 0.15) is 0 Å². The molecule has 0 fully saturated rings. The van der Waals surface area contributed by atoms with Gasteiger partial charge in [-0.1, -0.05) is 139 Å². The molecule has 46 heavy (non-hydrogen) atoms. The Morgan fingerprint density at radius 2 is 1.09 bits per heavy atom. The largest absolute Gasteiger partial charge is 0.309 e. The van der Waals surface area contributed by atoms with Crippen molar-refractivity contribution in [2.45, 2.75) is 9.79 Å². The van der Waals surface area contributed by atoms with Crippen LogP contribution in [0, 0.1) is 0 Å². The van der Waals surface area contributed by atoms with Crippen molar-refractivity contribution in [3.05, 3.63) is 157 Å². The SMILES string of the molecule is C1=Cc2c(ccc3c4ccccc4n(-c4cccc(-c5nc(-c6ccccc6)nc(-c6ccccc6)n5)c4)c23)Sc2ccccc21. The molecule has 4 nitrogen and oxygen atoms in total. The lowest BCUT2D eigenvalue weighted by molar-refractivity contribution is 1.07. The number of para-hydroxylation sites is 1. The molecule has 8 aromatic rings. The van der Waals surface area contributed by atoms with Gasteiger partial charge < -0.3 is 4.57 Å². The second-order valence-corrected chi connectivity index (χ2v) is 12.4. The molecule has 0 N–H and O–H groups in total. The number of fused-ring (bicyclic) bond motifs is 6. The van der Waals surface area contributed by atoms with Crippen LogP contribution in [0.15, 0.2) is 155 Å². The molecule has 0 radical (unpaired) electrons. The van der Waals surface area contributed by atoms with Crippen molar-refractivity contribution in [1.29, 1.82) is 0 Å². The summed E-state index contributed by atoms with van der Waals surface area (Å²) >= 11 is 1.83. The number of benzene rings is 6. The molecule has 1 aliphatic rings. The molecule has 0 atom stereocenters. The van der Waals surface area contributed by atoms with E-state index < -0.39 is 0 Å². The van der Waals surface area contributed by atoms with Crippen molar-refractivity contribution < 1.29 is 0 Å². The average molecular weight is 607 g/mol. The summed E-state index contributed by atoms with van der Waals surface area (Å²) in [6.45, 7) is 0. The molecule has 6 aromatic carbocycles. The highest BCUT2D eigenvalue weighted by atomic mass is 32.2. The standard InChI is InChI=1S/C41H26N4S/c1-3-13-28(14-4-1)39-42-40(29-15-5-2-6-16-29)44-41(43-39)30-17-11-18-31(26-30)45-35-20-9-8-19-32(35)33-24-25-37-34(38(33)45)23-22-27-12-7-10-21-36(27)46-37/h1-26H. The van der Waals surface area contributed by atoms with Crippen molar-refractivity contribution in [3.63, 3.8) is 0 Å². The lowest BCUT2D eigenvalue weighted by atomic mass is 10.1. The minimum Gasteiger partial charge on any atom is -0.309 e. The second-order valence-electron chi connectivity index (χ2n) is 11.3. The molecule has 1 aliphatic heterocycles. The van der Waals surface area contributed by atoms with E-state index in [1.54, 1.807) is 0 Å². The van der Waals surface area contributed by atoms with Crippen LogP contribution in [-0.4, -0.2) is 19.5 Å². The van der Waals surface area contributed by atoms with Crippen molar-refractivity contribution >= 4 is 45.7 Å². The van der Waals surface area contributed by atoms with Gasteiger partial charge in [-0.15, -0.1) is 0 Å². The van der Waals surface area contributed by atoms with Gasteiger partial charge in [0.05, 0.1) is 11.0 Å². The predicted molar refractivity (Wildman–Crippen MR) is 190 cm³/mol. The number of rotatable bonds is 4. The Morgan fingerprint density at radius 3 is 1.85 bits per heavy atom. The van der Waals surface area contributed by atoms with E-state index in [-0.39, 0.29) is 0 Å². The smallest absolute Gasteiger partial charge is 0.164 e. The monoisotopic (exact) mass is 606 g/mol. The van der Waals surface area contributed by atoms with Gasteiger partial charge in [-0.3, -0.25) is 0 Å². The van der Waals surface area contributed by atoms with E-state index in [1.165, 1.54) is 37.2 Å². The molecule has 3 heterocycles. The maximum atomic E-state index is 5.01. The van der Waals surface area contributed by atoms with Gasteiger partial charge >= 0.3 is 0 Å². The van der Waals surface area contributed by atoms with Crippen LogP contribution in [0.3, 0.4) is 0 Å². The number of hydrogen-bond donors (Lipinski definition) is 0. The van der Waals surface area contributed by atoms with Gasteiger partial charge in [0, 0.05) is 48.5 Å². The Hall–Kier alpha value is -5.78. The van der Waals surface area contributed by atoms with Crippen molar-refractivity contribution in [2.75, 3.05) is 0 Å². The summed E-state index contributed by atoms with van der Waals surface area (Å²) in [4.78, 5) is 17.4. The van der Waals surface area contributed by atoms with E-state index in [4.69, 9.17) is 15.0 Å². The highest BCUT2D eigenvalue weighted by molar-refractivity contribution is 7.99. The van der Waals surface area contributed by atoms with Crippen molar-refractivity contribution in [1.82, 2.24) is 19.5 Å². The predicted octanol–water partition coefficient (Wildman–Crippen LogP) is 10.6. The van der Waals surface area contributed by atoms with Gasteiger partial charge in [-0.25, -0.2) is 15.0 Å². The van der Waals surface area contributed by atoms with Gasteiger partial charge in [-0.2, -0.15) is 0 Å². The van der Waals surface area contributed by atoms with Gasteiger partial charge in [0.15, 0.2) is 17.5 Å². The molecule has 0 saturated carbocycles. The van der Waals surface area contributed by atoms with E-state index in [0.717, 1.165) is 27.9 Å². The minimum atomic E-state index is 0.639. The first-order valence-corrected chi connectivity index (χ1v) is 16.1. The van der Waals surface area contributed by atoms with E-state index in [0.29, 0.717) is 17.5 Å². The van der Waals surface area contributed by atoms with Crippen LogP contribution in [0.1, 0.15) is 11.1 Å². The summed E-state index contributed by atoms with van der Waals surface area (Å²) in [5.41, 5.74) is 8.70. The first-order chi connectivity index (χ1) is 22.8. The molecule has 5 heteroatoms. The van der Waals surface area contributed by atoms with E-state index in [1.807, 2.05) is 72.4 Å². The average Bonchev–Trinajstić information content (AvgIpc) is 3.34. The fourth-order valence-corrected chi connectivity index (χ4v) is 7.36. The van der Waals surface area contributed by atoms with E-state index in [9.17, 15) is 0 Å². The summed E-state index contributed by atoms with van der Waals surface area (Å²) < 4.78 is 2.39. The Bertz CT molecular complexity index is 2390. The van der Waals surface area contributed by atoms with Crippen LogP contribution >= 0.6 is 11.8 Å². The third-order valence-corrected chi connectivity index (χ3v) is 9.63. The van der Waals surface area contributed by atoms with Crippen LogP contribution in [0.2, 0.25) is 0 Å². The molecule has 2 aromatic heterocycles. The molecular weight excluding hydrogens is 581 g/mol. The van der Waals surface area contributed by atoms with Crippen LogP contribution in [-0.2, 0) is 0 Å². The Balaban J connectivity index is 1.26. The Labute approximate surface area is 270 Å². The third-order valence-electron chi connectivity index (χ3n) is 8.47. The van der Waals surface area contributed by atoms with Gasteiger partial charge in [-0.05, 0) is 35.9 Å². The summed E-state index contributed by atoms with van der Waals surface area (Å²) in [5, 5.41) is 2.46. The maximum absolute atomic E-state index is 5.01. The van der Waals surface area contributed by atoms with Gasteiger partial charge in [0.25, 0.3) is 0 Å². The van der Waals surface area contributed by atoms with Crippen LogP contribution < -0.4 is 0 Å². The zero-order valence-corrected chi connectivity index (χ0v) is 25.5. The third kappa shape index (κ3) is 4.52. The lowest BCUT2D eigenvalue weighted by Crippen LogP contribution is -2.01. The number of hydrogen-bond acceptors (Lipinski definition) is 4. The minimum absolute atomic E-state index is 0.639. The fourth-order valence-electron chi connectivity index (χ4n) is 6.31. The highest BCUT2D eigenvalue weighted by Gasteiger charge is 2.20. The van der Waals surface area contributed by atoms with Gasteiger partial charge in [0.2, 0.25) is 0 Å². The summed E-state index contributed by atoms with van der Waals surface area (Å²) in [7, 11) is 0. The van der Waals surface area contributed by atoms with Crippen molar-refractivity contribution in [2.24, 2.45) is 0 Å². The first kappa shape index (κ1) is 26.6. The fraction of sp³-hybridized carbons (Fsp3) is 0. The zero-order valence-electron chi connectivity index (χ0n) is 24.7. The molecule has 0 aliphatic carbocycles. The first-order valence-electron chi connectivity index (χ1n) is 15.3. The molecule has 0 amide bonds. The molecule has 0 spiro atoms. The zero-order chi connectivity index (χ0) is 30.5. The molecule has 0 saturated heterocycles. The topological polar surface area (TPSA) is 43.6 Å². The lowest BCUT2D eigenvalue weighted by Gasteiger charge is -2.13. The number of nitrogens with zero attached hydrogens (tertiary/aromatic N) is 4. The molecule has 0 unspecified atom stereocenters. The van der Waals surface area contributed by atoms with Crippen LogP contribution in [0.5, 0.6) is 0 Å². The Kier molecular flexibility index (Phi) is 6.35. The second kappa shape index (κ2) is 11.0. The van der Waals surface area contributed by atoms with E-state index in [2.05, 4.69) is 102 Å². The summed E-state index contributed by atoms with van der Waals surface area (Å²) in [6.07, 6.45) is 4.52.